The van der Waals surface area contributed by atoms with Gasteiger partial charge in [-0.2, -0.15) is 0 Å². The topological polar surface area (TPSA) is 105 Å². The summed E-state index contributed by atoms with van der Waals surface area (Å²) in [7, 11) is 1.51. The molecule has 3 aromatic carbocycles. The molecule has 0 aliphatic carbocycles. The molecule has 47 heavy (non-hydrogen) atoms. The SMILES string of the molecule is CCOC(=O)COc1c(I)cc(/C=c2\sc3n(c2=O)[C@H](c2ccc(C(C)C)cc2)C(C(=O)OCC)=C(c2ccccc2)N=3)cc1OC. The zero-order valence-electron chi connectivity index (χ0n) is 26.7. The number of aromatic nitrogens is 1. The van der Waals surface area contributed by atoms with Gasteiger partial charge in [0.05, 0.1) is 45.7 Å². The van der Waals surface area contributed by atoms with E-state index < -0.39 is 18.0 Å². The Morgan fingerprint density at radius 2 is 1.72 bits per heavy atom. The number of thiazole rings is 1. The van der Waals surface area contributed by atoms with Gasteiger partial charge in [0.1, 0.15) is 0 Å². The van der Waals surface area contributed by atoms with Gasteiger partial charge in [0.2, 0.25) is 0 Å². The average molecular weight is 767 g/mol. The van der Waals surface area contributed by atoms with Crippen LogP contribution in [-0.4, -0.2) is 43.4 Å². The van der Waals surface area contributed by atoms with Crippen LogP contribution in [0.25, 0.3) is 11.8 Å². The third kappa shape index (κ3) is 7.36. The normalized spacial score (nSPS) is 14.4. The van der Waals surface area contributed by atoms with Crippen LogP contribution >= 0.6 is 33.9 Å². The van der Waals surface area contributed by atoms with Gasteiger partial charge in [0, 0.05) is 5.56 Å². The molecule has 11 heteroatoms. The summed E-state index contributed by atoms with van der Waals surface area (Å²) in [6, 6.07) is 20.3. The number of nitrogens with zero attached hydrogens (tertiary/aromatic N) is 2. The monoisotopic (exact) mass is 766 g/mol. The lowest BCUT2D eigenvalue weighted by atomic mass is 9.91. The highest BCUT2D eigenvalue weighted by Gasteiger charge is 2.35. The number of hydrogen-bond donors (Lipinski definition) is 0. The quantitative estimate of drug-likeness (QED) is 0.144. The van der Waals surface area contributed by atoms with Gasteiger partial charge >= 0.3 is 11.9 Å². The minimum Gasteiger partial charge on any atom is -0.493 e. The third-order valence-corrected chi connectivity index (χ3v) is 9.27. The summed E-state index contributed by atoms with van der Waals surface area (Å²) in [5, 5.41) is 0. The molecule has 1 atom stereocenters. The van der Waals surface area contributed by atoms with Crippen LogP contribution in [0.4, 0.5) is 0 Å². The summed E-state index contributed by atoms with van der Waals surface area (Å²) in [6.45, 7) is 7.88. The molecule has 0 N–H and O–H groups in total. The van der Waals surface area contributed by atoms with Gasteiger partial charge in [-0.15, -0.1) is 0 Å². The second-order valence-electron chi connectivity index (χ2n) is 10.9. The van der Waals surface area contributed by atoms with Crippen LogP contribution in [-0.2, 0) is 19.1 Å². The maximum atomic E-state index is 14.3. The van der Waals surface area contributed by atoms with Crippen molar-refractivity contribution in [1.29, 1.82) is 0 Å². The van der Waals surface area contributed by atoms with Crippen molar-refractivity contribution in [2.75, 3.05) is 26.9 Å². The molecule has 0 saturated carbocycles. The standard InChI is InChI=1S/C36H35IN2O7S/c1-6-44-29(40)20-46-33-26(37)17-22(18-27(33)43-5)19-28-34(41)39-32(25-15-13-23(14-16-25)21(3)4)30(35(42)45-7-2)31(38-36(39)47-28)24-11-9-8-10-12-24/h8-19,21,32H,6-7,20H2,1-5H3/b28-19-/t32-/m1/s1. The lowest BCUT2D eigenvalue weighted by molar-refractivity contribution is -0.145. The largest absolute Gasteiger partial charge is 0.493 e. The fraction of sp³-hybridized carbons (Fsp3) is 0.278. The van der Waals surface area contributed by atoms with E-state index in [0.717, 1.165) is 16.7 Å². The Morgan fingerprint density at radius 1 is 1.02 bits per heavy atom. The van der Waals surface area contributed by atoms with Crippen molar-refractivity contribution in [3.05, 3.63) is 118 Å². The lowest BCUT2D eigenvalue weighted by Crippen LogP contribution is -2.40. The number of fused-ring (bicyclic) bond motifs is 1. The zero-order valence-corrected chi connectivity index (χ0v) is 29.7. The molecule has 0 unspecified atom stereocenters. The van der Waals surface area contributed by atoms with Gasteiger partial charge in [-0.3, -0.25) is 9.36 Å². The van der Waals surface area contributed by atoms with Crippen molar-refractivity contribution in [2.24, 2.45) is 4.99 Å². The van der Waals surface area contributed by atoms with Crippen LogP contribution in [0.2, 0.25) is 0 Å². The van der Waals surface area contributed by atoms with Crippen molar-refractivity contribution in [2.45, 2.75) is 39.7 Å². The number of halogens is 1. The van der Waals surface area contributed by atoms with E-state index in [1.807, 2.05) is 60.7 Å². The first-order chi connectivity index (χ1) is 22.7. The van der Waals surface area contributed by atoms with Crippen LogP contribution in [0.3, 0.4) is 0 Å². The van der Waals surface area contributed by atoms with Crippen molar-refractivity contribution in [3.63, 3.8) is 0 Å². The Balaban J connectivity index is 1.70. The number of methoxy groups -OCH3 is 1. The number of hydrogen-bond acceptors (Lipinski definition) is 9. The fourth-order valence-electron chi connectivity index (χ4n) is 5.27. The number of carbonyl (C=O) groups is 2. The highest BCUT2D eigenvalue weighted by molar-refractivity contribution is 14.1. The molecule has 244 valence electrons. The van der Waals surface area contributed by atoms with Gasteiger partial charge in [-0.05, 0) is 77.3 Å². The molecule has 4 aromatic rings. The summed E-state index contributed by atoms with van der Waals surface area (Å²) in [6.07, 6.45) is 1.76. The van der Waals surface area contributed by atoms with E-state index in [0.29, 0.717) is 47.2 Å². The summed E-state index contributed by atoms with van der Waals surface area (Å²) >= 11 is 3.34. The van der Waals surface area contributed by atoms with Gasteiger partial charge in [0.15, 0.2) is 22.9 Å². The second-order valence-corrected chi connectivity index (χ2v) is 13.1. The van der Waals surface area contributed by atoms with E-state index in [9.17, 15) is 14.4 Å². The summed E-state index contributed by atoms with van der Waals surface area (Å²) in [4.78, 5) is 45.3. The molecule has 1 aliphatic heterocycles. The van der Waals surface area contributed by atoms with E-state index in [1.54, 1.807) is 30.6 Å². The van der Waals surface area contributed by atoms with Crippen molar-refractivity contribution in [1.82, 2.24) is 4.57 Å². The molecule has 0 spiro atoms. The van der Waals surface area contributed by atoms with Crippen molar-refractivity contribution < 1.29 is 28.5 Å². The Morgan fingerprint density at radius 3 is 2.36 bits per heavy atom. The van der Waals surface area contributed by atoms with E-state index in [-0.39, 0.29) is 25.4 Å². The number of esters is 2. The molecule has 9 nitrogen and oxygen atoms in total. The van der Waals surface area contributed by atoms with Gasteiger partial charge < -0.3 is 18.9 Å². The van der Waals surface area contributed by atoms with Crippen LogP contribution in [0.15, 0.2) is 82.1 Å². The number of benzene rings is 3. The Labute approximate surface area is 290 Å². The molecule has 0 radical (unpaired) electrons. The van der Waals surface area contributed by atoms with Crippen LogP contribution in [0, 0.1) is 3.57 Å². The maximum Gasteiger partial charge on any atom is 0.344 e. The van der Waals surface area contributed by atoms with Crippen LogP contribution < -0.4 is 24.4 Å². The molecular weight excluding hydrogens is 731 g/mol. The third-order valence-electron chi connectivity index (χ3n) is 7.48. The van der Waals surface area contributed by atoms with E-state index in [4.69, 9.17) is 23.9 Å². The smallest absolute Gasteiger partial charge is 0.344 e. The van der Waals surface area contributed by atoms with Crippen molar-refractivity contribution >= 4 is 57.6 Å². The van der Waals surface area contributed by atoms with E-state index >= 15 is 0 Å². The molecule has 2 heterocycles. The molecule has 0 saturated heterocycles. The summed E-state index contributed by atoms with van der Waals surface area (Å²) in [5.41, 5.74) is 3.82. The molecule has 0 fully saturated rings. The summed E-state index contributed by atoms with van der Waals surface area (Å²) < 4.78 is 24.5. The Kier molecular flexibility index (Phi) is 11.0. The molecule has 5 rings (SSSR count). The number of carbonyl (C=O) groups excluding carboxylic acids is 2. The zero-order chi connectivity index (χ0) is 33.7. The lowest BCUT2D eigenvalue weighted by Gasteiger charge is -2.26. The highest BCUT2D eigenvalue weighted by atomic mass is 127. The predicted molar refractivity (Wildman–Crippen MR) is 189 cm³/mol. The van der Waals surface area contributed by atoms with Crippen molar-refractivity contribution in [3.8, 4) is 11.5 Å². The Bertz CT molecular complexity index is 2000. The highest BCUT2D eigenvalue weighted by Crippen LogP contribution is 2.36. The first kappa shape index (κ1) is 34.1. The molecule has 0 bridgehead atoms. The molecule has 0 amide bonds. The Hall–Kier alpha value is -4.23. The fourth-order valence-corrected chi connectivity index (χ4v) is 7.05. The van der Waals surface area contributed by atoms with E-state index in [1.165, 1.54) is 18.4 Å². The minimum atomic E-state index is -0.766. The summed E-state index contributed by atoms with van der Waals surface area (Å²) in [5.74, 6) is 0.101. The van der Waals surface area contributed by atoms with Crippen LogP contribution in [0.1, 0.15) is 61.9 Å². The predicted octanol–water partition coefficient (Wildman–Crippen LogP) is 5.61. The second kappa shape index (κ2) is 15.1. The van der Waals surface area contributed by atoms with E-state index in [2.05, 4.69) is 36.4 Å². The van der Waals surface area contributed by atoms with Gasteiger partial charge in [0.25, 0.3) is 5.56 Å². The first-order valence-electron chi connectivity index (χ1n) is 15.2. The minimum absolute atomic E-state index is 0.174. The molecular formula is C36H35IN2O7S. The van der Waals surface area contributed by atoms with Gasteiger partial charge in [-0.1, -0.05) is 79.8 Å². The number of ether oxygens (including phenoxy) is 4. The molecule has 1 aromatic heterocycles. The maximum absolute atomic E-state index is 14.3. The van der Waals surface area contributed by atoms with Crippen LogP contribution in [0.5, 0.6) is 11.5 Å². The van der Waals surface area contributed by atoms with Gasteiger partial charge in [-0.25, -0.2) is 14.6 Å². The molecule has 1 aliphatic rings. The average Bonchev–Trinajstić information content (AvgIpc) is 3.37. The number of rotatable bonds is 11. The first-order valence-corrected chi connectivity index (χ1v) is 17.1.